The van der Waals surface area contributed by atoms with E-state index in [0.717, 1.165) is 70.5 Å². The Kier molecular flexibility index (Phi) is 12.3. The summed E-state index contributed by atoms with van der Waals surface area (Å²) in [7, 11) is 0. The van der Waals surface area contributed by atoms with E-state index in [0.29, 0.717) is 31.2 Å². The van der Waals surface area contributed by atoms with Crippen LogP contribution in [0, 0.1) is 6.92 Å². The fourth-order valence-corrected chi connectivity index (χ4v) is 7.57. The van der Waals surface area contributed by atoms with E-state index < -0.39 is 12.1 Å². The molecule has 2 aliphatic heterocycles. The van der Waals surface area contributed by atoms with Gasteiger partial charge in [0.1, 0.15) is 6.33 Å². The fourth-order valence-electron chi connectivity index (χ4n) is 7.57. The standard InChI is InChI=1S/C43H44N8O4.C2HF3O2/c1-26-21-31(9-10-32(26)23-44-41(54)39-48-42(55-49-39)43(2,3)4)38-36-22-33(24-51(36)46-25-45-38)28-11-13-34(14-12-28)50-19-17-29(18-20-50)27-5-7-30(8-6-27)35-15-16-37(52)47-40(35)53;3-2(4,5)1(6)7/h5-14,21-22,24-25,29,35H,15-20,23H2,1-4H3,(H,44,54)(H,47,52,53);(H,6,7). The number of fused-ring (bicyclic) bond motifs is 1. The summed E-state index contributed by atoms with van der Waals surface area (Å²) in [5.74, 6) is -2.85. The molecule has 62 heavy (non-hydrogen) atoms. The van der Waals surface area contributed by atoms with Gasteiger partial charge in [-0.1, -0.05) is 74.5 Å². The number of aryl methyl sites for hydroxylation is 1. The van der Waals surface area contributed by atoms with Gasteiger partial charge in [0, 0.05) is 54.5 Å². The number of aromatic nitrogens is 5. The number of piperidine rings is 2. The molecule has 2 aliphatic rings. The molecule has 0 saturated carbocycles. The molecule has 2 fully saturated rings. The SMILES string of the molecule is Cc1cc(-c2ncnn3cc(-c4ccc(N5CCC(c6ccc(C7CCC(=O)NC7=O)cc6)CC5)cc4)cc23)ccc1CNC(=O)c1noc(C(C)(C)C)n1.O=C(O)C(F)(F)F. The highest BCUT2D eigenvalue weighted by Crippen LogP contribution is 2.34. The van der Waals surface area contributed by atoms with Crippen LogP contribution in [0.2, 0.25) is 0 Å². The van der Waals surface area contributed by atoms with Gasteiger partial charge in [-0.25, -0.2) is 14.3 Å². The van der Waals surface area contributed by atoms with Crippen molar-refractivity contribution in [3.05, 3.63) is 119 Å². The number of aliphatic carboxylic acids is 1. The Morgan fingerprint density at radius 1 is 0.903 bits per heavy atom. The molecule has 2 saturated heterocycles. The van der Waals surface area contributed by atoms with E-state index in [1.54, 1.807) is 6.33 Å². The maximum atomic E-state index is 12.7. The molecule has 8 rings (SSSR count). The predicted octanol–water partition coefficient (Wildman–Crippen LogP) is 7.52. The third kappa shape index (κ3) is 9.82. The first-order valence-corrected chi connectivity index (χ1v) is 20.1. The summed E-state index contributed by atoms with van der Waals surface area (Å²) in [5.41, 5.74) is 10.00. The number of amides is 3. The normalized spacial score (nSPS) is 16.1. The number of hydrogen-bond acceptors (Lipinski definition) is 10. The average molecular weight is 851 g/mol. The summed E-state index contributed by atoms with van der Waals surface area (Å²) in [4.78, 5) is 56.8. The number of imide groups is 1. The number of nitrogens with zero attached hydrogens (tertiary/aromatic N) is 6. The molecule has 0 aliphatic carbocycles. The highest BCUT2D eigenvalue weighted by atomic mass is 19.4. The summed E-state index contributed by atoms with van der Waals surface area (Å²) < 4.78 is 38.9. The van der Waals surface area contributed by atoms with Gasteiger partial charge in [0.05, 0.1) is 17.1 Å². The van der Waals surface area contributed by atoms with Crippen LogP contribution in [0.3, 0.4) is 0 Å². The molecule has 17 heteroatoms. The lowest BCUT2D eigenvalue weighted by Crippen LogP contribution is -2.39. The Bertz CT molecular complexity index is 2610. The van der Waals surface area contributed by atoms with Crippen LogP contribution in [0.5, 0.6) is 0 Å². The zero-order valence-electron chi connectivity index (χ0n) is 34.5. The summed E-state index contributed by atoms with van der Waals surface area (Å²) in [5, 5.41) is 20.8. The molecule has 6 aromatic rings. The van der Waals surface area contributed by atoms with Crippen molar-refractivity contribution in [1.82, 2.24) is 35.4 Å². The summed E-state index contributed by atoms with van der Waals surface area (Å²) in [6.07, 6.45) is 1.60. The van der Waals surface area contributed by atoms with Gasteiger partial charge in [-0.3, -0.25) is 19.7 Å². The van der Waals surface area contributed by atoms with Gasteiger partial charge in [-0.2, -0.15) is 23.3 Å². The Morgan fingerprint density at radius 2 is 1.56 bits per heavy atom. The number of alkyl halides is 3. The molecular weight excluding hydrogens is 806 g/mol. The second kappa shape index (κ2) is 17.6. The molecule has 3 aromatic carbocycles. The van der Waals surface area contributed by atoms with Gasteiger partial charge in [0.25, 0.3) is 11.7 Å². The predicted molar refractivity (Wildman–Crippen MR) is 222 cm³/mol. The molecule has 5 heterocycles. The van der Waals surface area contributed by atoms with Crippen molar-refractivity contribution in [3.8, 4) is 22.4 Å². The Balaban J connectivity index is 0.000000762. The molecular formula is C45H45F3N8O6. The van der Waals surface area contributed by atoms with Gasteiger partial charge in [0.15, 0.2) is 0 Å². The van der Waals surface area contributed by atoms with E-state index in [-0.39, 0.29) is 34.9 Å². The molecule has 14 nitrogen and oxygen atoms in total. The third-order valence-corrected chi connectivity index (χ3v) is 11.1. The lowest BCUT2D eigenvalue weighted by molar-refractivity contribution is -0.192. The number of halogens is 3. The van der Waals surface area contributed by atoms with E-state index in [1.807, 2.05) is 50.5 Å². The second-order valence-corrected chi connectivity index (χ2v) is 16.4. The van der Waals surface area contributed by atoms with Crippen LogP contribution in [0.4, 0.5) is 18.9 Å². The van der Waals surface area contributed by atoms with Crippen LogP contribution in [-0.2, 0) is 26.3 Å². The highest BCUT2D eigenvalue weighted by Gasteiger charge is 2.38. The molecule has 0 radical (unpaired) electrons. The fraction of sp³-hybridized carbons (Fsp3) is 0.333. The zero-order chi connectivity index (χ0) is 44.3. The minimum atomic E-state index is -5.08. The Morgan fingerprint density at radius 3 is 2.18 bits per heavy atom. The summed E-state index contributed by atoms with van der Waals surface area (Å²) >= 11 is 0. The number of anilines is 1. The summed E-state index contributed by atoms with van der Waals surface area (Å²) in [6.45, 7) is 10.1. The lowest BCUT2D eigenvalue weighted by Gasteiger charge is -2.34. The maximum absolute atomic E-state index is 12.7. The number of nitrogens with one attached hydrogen (secondary N) is 2. The van der Waals surface area contributed by atoms with Crippen LogP contribution in [0.1, 0.15) is 97.1 Å². The van der Waals surface area contributed by atoms with E-state index in [4.69, 9.17) is 14.4 Å². The van der Waals surface area contributed by atoms with Gasteiger partial charge in [0.2, 0.25) is 17.7 Å². The maximum Gasteiger partial charge on any atom is 0.490 e. The summed E-state index contributed by atoms with van der Waals surface area (Å²) in [6, 6.07) is 25.4. The first-order valence-electron chi connectivity index (χ1n) is 20.1. The van der Waals surface area contributed by atoms with Crippen LogP contribution in [0.25, 0.3) is 27.9 Å². The van der Waals surface area contributed by atoms with Crippen molar-refractivity contribution in [2.24, 2.45) is 0 Å². The van der Waals surface area contributed by atoms with E-state index in [2.05, 4.69) is 96.4 Å². The number of carbonyl (C=O) groups is 4. The molecule has 1 atom stereocenters. The molecule has 3 aromatic heterocycles. The monoisotopic (exact) mass is 850 g/mol. The Hall–Kier alpha value is -6.91. The molecule has 3 N–H and O–H groups in total. The topological polar surface area (TPSA) is 185 Å². The van der Waals surface area contributed by atoms with E-state index in [9.17, 15) is 27.6 Å². The van der Waals surface area contributed by atoms with E-state index >= 15 is 0 Å². The van der Waals surface area contributed by atoms with Crippen molar-refractivity contribution >= 4 is 34.9 Å². The van der Waals surface area contributed by atoms with Gasteiger partial charge in [-0.15, -0.1) is 0 Å². The number of carboxylic acid groups (broad SMARTS) is 1. The molecule has 1 unspecified atom stereocenters. The van der Waals surface area contributed by atoms with Crippen LogP contribution >= 0.6 is 0 Å². The number of carbonyl (C=O) groups excluding carboxylic acids is 3. The number of carboxylic acids is 1. The van der Waals surface area contributed by atoms with Gasteiger partial charge in [-0.05, 0) is 84.2 Å². The van der Waals surface area contributed by atoms with E-state index in [1.165, 1.54) is 11.3 Å². The third-order valence-electron chi connectivity index (χ3n) is 11.1. The number of rotatable bonds is 8. The smallest absolute Gasteiger partial charge is 0.475 e. The van der Waals surface area contributed by atoms with Crippen molar-refractivity contribution in [3.63, 3.8) is 0 Å². The highest BCUT2D eigenvalue weighted by molar-refractivity contribution is 6.01. The minimum Gasteiger partial charge on any atom is -0.475 e. The first kappa shape index (κ1) is 43.2. The minimum absolute atomic E-state index is 0.0236. The Labute approximate surface area is 354 Å². The number of benzene rings is 3. The van der Waals surface area contributed by atoms with Crippen molar-refractivity contribution in [2.45, 2.75) is 83.4 Å². The second-order valence-electron chi connectivity index (χ2n) is 16.4. The molecule has 3 amide bonds. The molecule has 0 bridgehead atoms. The van der Waals surface area contributed by atoms with Crippen LogP contribution in [0.15, 0.2) is 89.8 Å². The van der Waals surface area contributed by atoms with Crippen LogP contribution in [-0.4, -0.2) is 72.8 Å². The largest absolute Gasteiger partial charge is 0.490 e. The molecule has 322 valence electrons. The van der Waals surface area contributed by atoms with Gasteiger partial charge >= 0.3 is 12.1 Å². The van der Waals surface area contributed by atoms with Crippen molar-refractivity contribution in [2.75, 3.05) is 18.0 Å². The molecule has 0 spiro atoms. The van der Waals surface area contributed by atoms with Crippen LogP contribution < -0.4 is 15.5 Å². The average Bonchev–Trinajstić information content (AvgIpc) is 3.93. The van der Waals surface area contributed by atoms with Crippen molar-refractivity contribution < 1.29 is 42.0 Å². The number of hydrogen-bond donors (Lipinski definition) is 3. The first-order chi connectivity index (χ1) is 29.4. The zero-order valence-corrected chi connectivity index (χ0v) is 34.5. The van der Waals surface area contributed by atoms with Gasteiger partial charge < -0.3 is 19.8 Å². The quantitative estimate of drug-likeness (QED) is 0.129. The lowest BCUT2D eigenvalue weighted by atomic mass is 9.86. The van der Waals surface area contributed by atoms with Crippen molar-refractivity contribution in [1.29, 1.82) is 0 Å².